The number of aromatic nitrogens is 4. The Morgan fingerprint density at radius 2 is 1.12 bits per heavy atom. The van der Waals surface area contributed by atoms with Gasteiger partial charge in [-0.1, -0.05) is 115 Å². The van der Waals surface area contributed by atoms with Crippen LogP contribution in [0.2, 0.25) is 0 Å². The lowest BCUT2D eigenvalue weighted by Gasteiger charge is -2.10. The molecule has 4 aromatic heterocycles. The Morgan fingerprint density at radius 3 is 2.02 bits per heavy atom. The SMILES string of the molecule is c1ccc(-c2nc(-c3ccc4oc5c6ccccc6nc(-c6cccc7ccccc67)c5c4c3)nc(-c3cccc4c3sc3ccccc34)n2)cc1. The van der Waals surface area contributed by atoms with Gasteiger partial charge in [-0.05, 0) is 53.2 Å². The molecule has 242 valence electrons. The summed E-state index contributed by atoms with van der Waals surface area (Å²) in [5.41, 5.74) is 7.23. The van der Waals surface area contributed by atoms with Crippen molar-refractivity contribution in [1.29, 1.82) is 0 Å². The number of hydrogen-bond acceptors (Lipinski definition) is 6. The summed E-state index contributed by atoms with van der Waals surface area (Å²) >= 11 is 1.77. The van der Waals surface area contributed by atoms with Crippen LogP contribution in [0.25, 0.3) is 109 Å². The van der Waals surface area contributed by atoms with Gasteiger partial charge in [0.1, 0.15) is 11.2 Å². The number of nitrogens with zero attached hydrogens (tertiary/aromatic N) is 4. The third kappa shape index (κ3) is 4.48. The highest BCUT2D eigenvalue weighted by Gasteiger charge is 2.21. The van der Waals surface area contributed by atoms with Crippen molar-refractivity contribution in [1.82, 2.24) is 19.9 Å². The van der Waals surface area contributed by atoms with Gasteiger partial charge in [0.05, 0.1) is 16.6 Å². The standard InChI is InChI=1S/C46H26N4OS/c1-2-13-28(14-3-1)44-48-45(50-46(49-44)35-21-11-20-33-31-17-7-9-23-39(31)52-43(33)35)29-24-25-38-36(26-29)40-41(32-19-10-15-27-12-4-5-16-30(27)32)47-37-22-8-6-18-34(37)42(40)51-38/h1-26H. The van der Waals surface area contributed by atoms with E-state index in [1.165, 1.54) is 15.5 Å². The highest BCUT2D eigenvalue weighted by molar-refractivity contribution is 7.26. The predicted octanol–water partition coefficient (Wildman–Crippen LogP) is 12.5. The van der Waals surface area contributed by atoms with Crippen LogP contribution in [-0.2, 0) is 0 Å². The molecule has 0 saturated heterocycles. The average Bonchev–Trinajstić information content (AvgIpc) is 3.79. The van der Waals surface area contributed by atoms with Crippen LogP contribution in [0.1, 0.15) is 0 Å². The van der Waals surface area contributed by atoms with Crippen LogP contribution in [-0.4, -0.2) is 19.9 Å². The van der Waals surface area contributed by atoms with E-state index < -0.39 is 0 Å². The van der Waals surface area contributed by atoms with Gasteiger partial charge in [0, 0.05) is 53.2 Å². The first-order chi connectivity index (χ1) is 25.8. The van der Waals surface area contributed by atoms with E-state index in [1.54, 1.807) is 11.3 Å². The molecule has 0 unspecified atom stereocenters. The van der Waals surface area contributed by atoms with Gasteiger partial charge < -0.3 is 4.42 Å². The van der Waals surface area contributed by atoms with Gasteiger partial charge in [0.2, 0.25) is 0 Å². The number of rotatable bonds is 4. The van der Waals surface area contributed by atoms with E-state index in [2.05, 4.69) is 103 Å². The van der Waals surface area contributed by atoms with E-state index in [0.29, 0.717) is 17.5 Å². The lowest BCUT2D eigenvalue weighted by atomic mass is 9.97. The van der Waals surface area contributed by atoms with E-state index in [9.17, 15) is 0 Å². The molecule has 0 amide bonds. The molecule has 0 bridgehead atoms. The number of thiophene rings is 1. The van der Waals surface area contributed by atoms with Gasteiger partial charge in [-0.2, -0.15) is 0 Å². The van der Waals surface area contributed by atoms with Crippen molar-refractivity contribution < 1.29 is 4.42 Å². The van der Waals surface area contributed by atoms with Crippen LogP contribution >= 0.6 is 11.3 Å². The molecule has 6 heteroatoms. The largest absolute Gasteiger partial charge is 0.455 e. The van der Waals surface area contributed by atoms with Crippen molar-refractivity contribution in [2.45, 2.75) is 0 Å². The Balaban J connectivity index is 1.18. The molecule has 0 aliphatic rings. The second-order valence-corrected chi connectivity index (χ2v) is 14.0. The number of para-hydroxylation sites is 1. The summed E-state index contributed by atoms with van der Waals surface area (Å²) < 4.78 is 9.10. The molecule has 0 radical (unpaired) electrons. The fourth-order valence-electron chi connectivity index (χ4n) is 7.49. The lowest BCUT2D eigenvalue weighted by Crippen LogP contribution is -2.00. The highest BCUT2D eigenvalue weighted by atomic mass is 32.1. The minimum absolute atomic E-state index is 0.596. The monoisotopic (exact) mass is 682 g/mol. The maximum atomic E-state index is 6.70. The normalized spacial score (nSPS) is 11.8. The van der Waals surface area contributed by atoms with E-state index in [1.807, 2.05) is 54.6 Å². The quantitative estimate of drug-likeness (QED) is 0.185. The highest BCUT2D eigenvalue weighted by Crippen LogP contribution is 2.43. The minimum atomic E-state index is 0.596. The molecule has 0 spiro atoms. The Kier molecular flexibility index (Phi) is 6.35. The zero-order valence-electron chi connectivity index (χ0n) is 27.6. The molecule has 0 fully saturated rings. The Bertz CT molecular complexity index is 3200. The maximum absolute atomic E-state index is 6.70. The summed E-state index contributed by atoms with van der Waals surface area (Å²) in [5.74, 6) is 1.86. The van der Waals surface area contributed by atoms with Crippen LogP contribution in [0.5, 0.6) is 0 Å². The number of furan rings is 1. The Hall–Kier alpha value is -6.76. The molecule has 11 aromatic rings. The van der Waals surface area contributed by atoms with E-state index in [-0.39, 0.29) is 0 Å². The molecule has 7 aromatic carbocycles. The van der Waals surface area contributed by atoms with Gasteiger partial charge >= 0.3 is 0 Å². The summed E-state index contributed by atoms with van der Waals surface area (Å²) in [6.45, 7) is 0. The van der Waals surface area contributed by atoms with Crippen molar-refractivity contribution in [2.24, 2.45) is 0 Å². The summed E-state index contributed by atoms with van der Waals surface area (Å²) in [6.07, 6.45) is 0. The second-order valence-electron chi connectivity index (χ2n) is 13.0. The van der Waals surface area contributed by atoms with Gasteiger partial charge in [0.15, 0.2) is 17.5 Å². The third-order valence-corrected chi connectivity index (χ3v) is 11.1. The summed E-state index contributed by atoms with van der Waals surface area (Å²) in [6, 6.07) is 54.3. The fraction of sp³-hybridized carbons (Fsp3) is 0. The molecule has 4 heterocycles. The summed E-state index contributed by atoms with van der Waals surface area (Å²) in [7, 11) is 0. The maximum Gasteiger partial charge on any atom is 0.165 e. The Labute approximate surface area is 301 Å². The summed E-state index contributed by atoms with van der Waals surface area (Å²) in [5, 5.41) is 7.66. The topological polar surface area (TPSA) is 64.7 Å². The molecule has 0 N–H and O–H groups in total. The number of benzene rings is 7. The Morgan fingerprint density at radius 1 is 0.442 bits per heavy atom. The van der Waals surface area contributed by atoms with Crippen LogP contribution in [0.4, 0.5) is 0 Å². The molecular formula is C46H26N4OS. The third-order valence-electron chi connectivity index (χ3n) is 9.92. The number of hydrogen-bond donors (Lipinski definition) is 0. The average molecular weight is 683 g/mol. The van der Waals surface area contributed by atoms with Crippen molar-refractivity contribution in [3.8, 4) is 45.4 Å². The van der Waals surface area contributed by atoms with Crippen molar-refractivity contribution >= 4 is 75.1 Å². The minimum Gasteiger partial charge on any atom is -0.455 e. The zero-order chi connectivity index (χ0) is 34.2. The van der Waals surface area contributed by atoms with Gasteiger partial charge in [-0.25, -0.2) is 19.9 Å². The number of fused-ring (bicyclic) bond motifs is 9. The molecule has 0 saturated carbocycles. The van der Waals surface area contributed by atoms with Gasteiger partial charge in [-0.3, -0.25) is 0 Å². The van der Waals surface area contributed by atoms with Crippen LogP contribution in [0, 0.1) is 0 Å². The second kappa shape index (κ2) is 11.4. The zero-order valence-corrected chi connectivity index (χ0v) is 28.4. The molecule has 0 atom stereocenters. The molecule has 52 heavy (non-hydrogen) atoms. The van der Waals surface area contributed by atoms with Crippen LogP contribution in [0.3, 0.4) is 0 Å². The first-order valence-electron chi connectivity index (χ1n) is 17.2. The van der Waals surface area contributed by atoms with E-state index in [4.69, 9.17) is 24.4 Å². The van der Waals surface area contributed by atoms with Gasteiger partial charge in [0.25, 0.3) is 0 Å². The van der Waals surface area contributed by atoms with E-state index >= 15 is 0 Å². The molecule has 11 rings (SSSR count). The van der Waals surface area contributed by atoms with Crippen LogP contribution in [0.15, 0.2) is 162 Å². The smallest absolute Gasteiger partial charge is 0.165 e. The summed E-state index contributed by atoms with van der Waals surface area (Å²) in [4.78, 5) is 20.7. The number of pyridine rings is 1. The van der Waals surface area contributed by atoms with Gasteiger partial charge in [-0.15, -0.1) is 11.3 Å². The van der Waals surface area contributed by atoms with E-state index in [0.717, 1.165) is 76.3 Å². The molecular weight excluding hydrogens is 657 g/mol. The lowest BCUT2D eigenvalue weighted by molar-refractivity contribution is 0.672. The predicted molar refractivity (Wildman–Crippen MR) is 215 cm³/mol. The van der Waals surface area contributed by atoms with Crippen molar-refractivity contribution in [2.75, 3.05) is 0 Å². The first-order valence-corrected chi connectivity index (χ1v) is 18.0. The van der Waals surface area contributed by atoms with Crippen molar-refractivity contribution in [3.05, 3.63) is 158 Å². The molecule has 5 nitrogen and oxygen atoms in total. The molecule has 0 aliphatic heterocycles. The molecule has 0 aliphatic carbocycles. The van der Waals surface area contributed by atoms with Crippen molar-refractivity contribution in [3.63, 3.8) is 0 Å². The fourth-order valence-corrected chi connectivity index (χ4v) is 8.70. The first kappa shape index (κ1) is 29.0. The van der Waals surface area contributed by atoms with Crippen LogP contribution < -0.4 is 0 Å².